The maximum absolute atomic E-state index is 12.3. The van der Waals surface area contributed by atoms with Crippen LogP contribution in [0.25, 0.3) is 17.1 Å². The molecule has 0 atom stereocenters. The molecule has 1 heterocycles. The third kappa shape index (κ3) is 5.88. The summed E-state index contributed by atoms with van der Waals surface area (Å²) in [6.07, 6.45) is 1.62. The molecule has 0 aliphatic heterocycles. The van der Waals surface area contributed by atoms with Crippen LogP contribution < -0.4 is 5.43 Å². The Bertz CT molecular complexity index is 1270. The number of nitrogens with zero attached hydrogens (tertiary/aromatic N) is 4. The molecule has 0 aliphatic carbocycles. The van der Waals surface area contributed by atoms with E-state index in [0.29, 0.717) is 16.0 Å². The van der Waals surface area contributed by atoms with Crippen molar-refractivity contribution in [3.05, 3.63) is 94.5 Å². The topological polar surface area (TPSA) is 72.2 Å². The number of nitrogens with one attached hydrogen (secondary N) is 1. The zero-order chi connectivity index (χ0) is 23.2. The van der Waals surface area contributed by atoms with Gasteiger partial charge in [0, 0.05) is 16.3 Å². The van der Waals surface area contributed by atoms with Gasteiger partial charge in [0.2, 0.25) is 0 Å². The predicted octanol–water partition coefficient (Wildman–Crippen LogP) is 5.45. The lowest BCUT2D eigenvalue weighted by atomic mass is 10.1. The van der Waals surface area contributed by atoms with Gasteiger partial charge in [0.1, 0.15) is 0 Å². The highest BCUT2D eigenvalue weighted by atomic mass is 35.5. The molecule has 0 unspecified atom stereocenters. The molecule has 8 heteroatoms. The minimum atomic E-state index is -0.231. The number of amides is 1. The Kier molecular flexibility index (Phi) is 7.22. The van der Waals surface area contributed by atoms with Crippen LogP contribution in [0, 0.1) is 13.8 Å². The SMILES string of the molecule is Cc1ccc(/C=N/NC(=O)CSc2nnc(-c3ccc(C)cc3)n2-c2ccc(Cl)cc2)cc1. The van der Waals surface area contributed by atoms with Crippen LogP contribution >= 0.6 is 23.4 Å². The molecule has 0 bridgehead atoms. The van der Waals surface area contributed by atoms with E-state index in [2.05, 4.69) is 20.7 Å². The molecule has 1 aromatic heterocycles. The smallest absolute Gasteiger partial charge is 0.250 e. The van der Waals surface area contributed by atoms with Crippen molar-refractivity contribution in [3.63, 3.8) is 0 Å². The van der Waals surface area contributed by atoms with Crippen LogP contribution in [0.15, 0.2) is 83.1 Å². The molecule has 0 saturated carbocycles. The molecule has 0 spiro atoms. The number of carbonyl (C=O) groups excluding carboxylic acids is 1. The number of hydrogen-bond acceptors (Lipinski definition) is 5. The summed E-state index contributed by atoms with van der Waals surface area (Å²) in [6, 6.07) is 23.4. The molecule has 3 aromatic carbocycles. The number of hydrogen-bond donors (Lipinski definition) is 1. The lowest BCUT2D eigenvalue weighted by molar-refractivity contribution is -0.118. The van der Waals surface area contributed by atoms with Crippen LogP contribution in [0.4, 0.5) is 0 Å². The molecular weight excluding hydrogens is 454 g/mol. The van der Waals surface area contributed by atoms with Crippen molar-refractivity contribution < 1.29 is 4.79 Å². The number of hydrazone groups is 1. The van der Waals surface area contributed by atoms with E-state index in [1.165, 1.54) is 17.3 Å². The number of aryl methyl sites for hydroxylation is 2. The van der Waals surface area contributed by atoms with Crippen LogP contribution in [0.1, 0.15) is 16.7 Å². The Morgan fingerprint density at radius 3 is 2.27 bits per heavy atom. The fourth-order valence-electron chi connectivity index (χ4n) is 3.07. The third-order valence-electron chi connectivity index (χ3n) is 4.84. The van der Waals surface area contributed by atoms with Gasteiger partial charge in [0.05, 0.1) is 12.0 Å². The summed E-state index contributed by atoms with van der Waals surface area (Å²) in [5, 5.41) is 14.0. The third-order valence-corrected chi connectivity index (χ3v) is 6.02. The predicted molar refractivity (Wildman–Crippen MR) is 134 cm³/mol. The average Bonchev–Trinajstić information content (AvgIpc) is 3.24. The van der Waals surface area contributed by atoms with Crippen molar-refractivity contribution in [2.45, 2.75) is 19.0 Å². The summed E-state index contributed by atoms with van der Waals surface area (Å²) >= 11 is 7.37. The van der Waals surface area contributed by atoms with Crippen molar-refractivity contribution in [2.24, 2.45) is 5.10 Å². The minimum absolute atomic E-state index is 0.144. The second-order valence-corrected chi connectivity index (χ2v) is 8.86. The lowest BCUT2D eigenvalue weighted by Gasteiger charge is -2.10. The first kappa shape index (κ1) is 22.8. The maximum Gasteiger partial charge on any atom is 0.250 e. The molecule has 0 fully saturated rings. The quantitative estimate of drug-likeness (QED) is 0.219. The summed E-state index contributed by atoms with van der Waals surface area (Å²) in [5.41, 5.74) is 7.60. The summed E-state index contributed by atoms with van der Waals surface area (Å²) < 4.78 is 1.93. The van der Waals surface area contributed by atoms with E-state index >= 15 is 0 Å². The first-order chi connectivity index (χ1) is 16.0. The molecule has 0 saturated heterocycles. The molecule has 166 valence electrons. The molecule has 4 rings (SSSR count). The Morgan fingerprint density at radius 2 is 1.61 bits per heavy atom. The van der Waals surface area contributed by atoms with Crippen molar-refractivity contribution in [2.75, 3.05) is 5.75 Å². The summed E-state index contributed by atoms with van der Waals surface area (Å²) in [5.74, 6) is 0.605. The Morgan fingerprint density at radius 1 is 0.970 bits per heavy atom. The fourth-order valence-corrected chi connectivity index (χ4v) is 3.94. The molecule has 33 heavy (non-hydrogen) atoms. The highest BCUT2D eigenvalue weighted by molar-refractivity contribution is 7.99. The van der Waals surface area contributed by atoms with Crippen molar-refractivity contribution in [3.8, 4) is 17.1 Å². The largest absolute Gasteiger partial charge is 0.272 e. The number of halogens is 1. The molecule has 1 N–H and O–H groups in total. The van der Waals surface area contributed by atoms with Gasteiger partial charge < -0.3 is 0 Å². The monoisotopic (exact) mass is 475 g/mol. The second-order valence-electron chi connectivity index (χ2n) is 7.48. The van der Waals surface area contributed by atoms with Crippen molar-refractivity contribution in [1.82, 2.24) is 20.2 Å². The van der Waals surface area contributed by atoms with Gasteiger partial charge in [-0.25, -0.2) is 5.43 Å². The van der Waals surface area contributed by atoms with Crippen LogP contribution in [-0.2, 0) is 4.79 Å². The van der Waals surface area contributed by atoms with Gasteiger partial charge in [-0.05, 0) is 43.7 Å². The molecule has 6 nitrogen and oxygen atoms in total. The van der Waals surface area contributed by atoms with Gasteiger partial charge in [-0.15, -0.1) is 10.2 Å². The second kappa shape index (κ2) is 10.5. The van der Waals surface area contributed by atoms with Crippen LogP contribution in [-0.4, -0.2) is 32.6 Å². The van der Waals surface area contributed by atoms with E-state index in [1.54, 1.807) is 6.21 Å². The Balaban J connectivity index is 1.51. The average molecular weight is 476 g/mol. The van der Waals surface area contributed by atoms with Gasteiger partial charge in [0.25, 0.3) is 5.91 Å². The molecule has 0 radical (unpaired) electrons. The first-order valence-electron chi connectivity index (χ1n) is 10.3. The van der Waals surface area contributed by atoms with Gasteiger partial charge in [0.15, 0.2) is 11.0 Å². The van der Waals surface area contributed by atoms with Gasteiger partial charge >= 0.3 is 0 Å². The number of rotatable bonds is 7. The van der Waals surface area contributed by atoms with E-state index in [4.69, 9.17) is 11.6 Å². The number of aromatic nitrogens is 3. The van der Waals surface area contributed by atoms with Crippen molar-refractivity contribution >= 4 is 35.5 Å². The summed E-state index contributed by atoms with van der Waals surface area (Å²) in [4.78, 5) is 12.3. The molecular formula is C25H22ClN5OS. The highest BCUT2D eigenvalue weighted by Gasteiger charge is 2.17. The van der Waals surface area contributed by atoms with Crippen LogP contribution in [0.3, 0.4) is 0 Å². The number of benzene rings is 3. The van der Waals surface area contributed by atoms with E-state index < -0.39 is 0 Å². The lowest BCUT2D eigenvalue weighted by Crippen LogP contribution is -2.20. The number of carbonyl (C=O) groups is 1. The van der Waals surface area contributed by atoms with Crippen molar-refractivity contribution in [1.29, 1.82) is 0 Å². The zero-order valence-corrected chi connectivity index (χ0v) is 19.8. The van der Waals surface area contributed by atoms with E-state index in [-0.39, 0.29) is 11.7 Å². The molecule has 4 aromatic rings. The van der Waals surface area contributed by atoms with Gasteiger partial charge in [-0.3, -0.25) is 9.36 Å². The van der Waals surface area contributed by atoms with E-state index in [1.807, 2.05) is 91.2 Å². The number of thioether (sulfide) groups is 1. The van der Waals surface area contributed by atoms with Crippen LogP contribution in [0.5, 0.6) is 0 Å². The molecule has 0 aliphatic rings. The normalized spacial score (nSPS) is 11.1. The van der Waals surface area contributed by atoms with Gasteiger partial charge in [-0.1, -0.05) is 83.0 Å². The highest BCUT2D eigenvalue weighted by Crippen LogP contribution is 2.28. The summed E-state index contributed by atoms with van der Waals surface area (Å²) in [6.45, 7) is 4.06. The van der Waals surface area contributed by atoms with E-state index in [9.17, 15) is 4.79 Å². The Hall–Kier alpha value is -3.42. The maximum atomic E-state index is 12.3. The minimum Gasteiger partial charge on any atom is -0.272 e. The van der Waals surface area contributed by atoms with Gasteiger partial charge in [-0.2, -0.15) is 5.10 Å². The standard InChI is InChI=1S/C25H22ClN5OS/c1-17-3-7-19(8-4-17)15-27-28-23(32)16-33-25-30-29-24(20-9-5-18(2)6-10-20)31(25)22-13-11-21(26)12-14-22/h3-15H,16H2,1-2H3,(H,28,32)/b27-15+. The first-order valence-corrected chi connectivity index (χ1v) is 11.7. The fraction of sp³-hybridized carbons (Fsp3) is 0.120. The zero-order valence-electron chi connectivity index (χ0n) is 18.2. The summed E-state index contributed by atoms with van der Waals surface area (Å²) in [7, 11) is 0. The molecule has 1 amide bonds. The van der Waals surface area contributed by atoms with E-state index in [0.717, 1.165) is 22.4 Å². The van der Waals surface area contributed by atoms with Crippen LogP contribution in [0.2, 0.25) is 5.02 Å². The Labute approximate surface area is 201 Å².